The molecule has 0 amide bonds. The van der Waals surface area contributed by atoms with Gasteiger partial charge in [0.25, 0.3) is 0 Å². The van der Waals surface area contributed by atoms with Gasteiger partial charge >= 0.3 is 5.97 Å². The van der Waals surface area contributed by atoms with Crippen LogP contribution in [0.4, 0.5) is 0 Å². The van der Waals surface area contributed by atoms with Gasteiger partial charge < -0.3 is 15.5 Å². The summed E-state index contributed by atoms with van der Waals surface area (Å²) in [5.74, 6) is -0.907. The number of carboxylic acids is 1. The average molecular weight is 277 g/mol. The topological polar surface area (TPSA) is 69.6 Å². The molecule has 2 rings (SSSR count). The highest BCUT2D eigenvalue weighted by Gasteiger charge is 2.12. The first-order chi connectivity index (χ1) is 9.18. The summed E-state index contributed by atoms with van der Waals surface area (Å²) in [4.78, 5) is 11.3. The third-order valence-corrected chi connectivity index (χ3v) is 3.72. The van der Waals surface area contributed by atoms with Crippen molar-refractivity contribution in [2.24, 2.45) is 0 Å². The monoisotopic (exact) mass is 277 g/mol. The lowest BCUT2D eigenvalue weighted by Crippen LogP contribution is -2.21. The van der Waals surface area contributed by atoms with Gasteiger partial charge in [-0.15, -0.1) is 11.3 Å². The van der Waals surface area contributed by atoms with Gasteiger partial charge in [-0.2, -0.15) is 0 Å². The van der Waals surface area contributed by atoms with Gasteiger partial charge in [0.15, 0.2) is 0 Å². The summed E-state index contributed by atoms with van der Waals surface area (Å²) in [6.07, 6.45) is -0.590. The Labute approximate surface area is 115 Å². The number of aromatic carboxylic acids is 1. The Hall–Kier alpha value is -1.69. The van der Waals surface area contributed by atoms with Crippen LogP contribution < -0.4 is 5.32 Å². The number of thiophene rings is 1. The highest BCUT2D eigenvalue weighted by atomic mass is 32.1. The Bertz CT molecular complexity index is 539. The maximum Gasteiger partial charge on any atom is 0.346 e. The molecule has 0 fully saturated rings. The average Bonchev–Trinajstić information content (AvgIpc) is 2.88. The fourth-order valence-corrected chi connectivity index (χ4v) is 2.56. The smallest absolute Gasteiger partial charge is 0.346 e. The summed E-state index contributed by atoms with van der Waals surface area (Å²) < 4.78 is 0. The van der Waals surface area contributed by atoms with Crippen LogP contribution in [0.3, 0.4) is 0 Å². The third kappa shape index (κ3) is 3.64. The second-order valence-corrected chi connectivity index (χ2v) is 5.05. The molecule has 1 unspecified atom stereocenters. The van der Waals surface area contributed by atoms with Crippen LogP contribution in [0.1, 0.15) is 26.9 Å². The lowest BCUT2D eigenvalue weighted by atomic mass is 10.1. The number of rotatable bonds is 6. The Kier molecular flexibility index (Phi) is 4.68. The highest BCUT2D eigenvalue weighted by molar-refractivity contribution is 7.12. The first-order valence-corrected chi connectivity index (χ1v) is 6.80. The van der Waals surface area contributed by atoms with Gasteiger partial charge in [-0.25, -0.2) is 4.79 Å². The van der Waals surface area contributed by atoms with Crippen LogP contribution in [0.5, 0.6) is 0 Å². The zero-order valence-electron chi connectivity index (χ0n) is 10.2. The Morgan fingerprint density at radius 1 is 1.26 bits per heavy atom. The second kappa shape index (κ2) is 6.47. The SMILES string of the molecule is O=C(O)c1sccc1CNCC(O)c1ccccc1. The number of carbonyl (C=O) groups is 1. The van der Waals surface area contributed by atoms with Gasteiger partial charge in [0.2, 0.25) is 0 Å². The molecule has 0 aliphatic rings. The molecule has 1 heterocycles. The summed E-state index contributed by atoms with van der Waals surface area (Å²) in [6, 6.07) is 11.2. The van der Waals surface area contributed by atoms with Crippen molar-refractivity contribution in [3.63, 3.8) is 0 Å². The number of carboxylic acid groups (broad SMARTS) is 1. The van der Waals surface area contributed by atoms with Crippen molar-refractivity contribution >= 4 is 17.3 Å². The summed E-state index contributed by atoms with van der Waals surface area (Å²) >= 11 is 1.21. The summed E-state index contributed by atoms with van der Waals surface area (Å²) in [5.41, 5.74) is 1.59. The molecule has 0 saturated heterocycles. The largest absolute Gasteiger partial charge is 0.477 e. The molecular weight excluding hydrogens is 262 g/mol. The zero-order valence-corrected chi connectivity index (χ0v) is 11.1. The van der Waals surface area contributed by atoms with Crippen molar-refractivity contribution in [3.05, 3.63) is 57.8 Å². The first kappa shape index (κ1) is 13.7. The molecular formula is C14H15NO3S. The summed E-state index contributed by atoms with van der Waals surface area (Å²) in [6.45, 7) is 0.827. The van der Waals surface area contributed by atoms with E-state index in [1.54, 1.807) is 11.4 Å². The van der Waals surface area contributed by atoms with Gasteiger partial charge in [-0.3, -0.25) is 0 Å². The van der Waals surface area contributed by atoms with Crippen molar-refractivity contribution in [2.45, 2.75) is 12.6 Å². The standard InChI is InChI=1S/C14H15NO3S/c16-12(10-4-2-1-3-5-10)9-15-8-11-6-7-19-13(11)14(17)18/h1-7,12,15-16H,8-9H2,(H,17,18). The van der Waals surface area contributed by atoms with E-state index in [4.69, 9.17) is 5.11 Å². The van der Waals surface area contributed by atoms with E-state index in [2.05, 4.69) is 5.32 Å². The van der Waals surface area contributed by atoms with E-state index in [1.165, 1.54) is 11.3 Å². The predicted molar refractivity (Wildman–Crippen MR) is 74.4 cm³/mol. The van der Waals surface area contributed by atoms with E-state index in [0.29, 0.717) is 18.0 Å². The van der Waals surface area contributed by atoms with E-state index in [-0.39, 0.29) is 0 Å². The first-order valence-electron chi connectivity index (χ1n) is 5.92. The van der Waals surface area contributed by atoms with Crippen LogP contribution in [0.2, 0.25) is 0 Å². The Balaban J connectivity index is 1.87. The fraction of sp³-hybridized carbons (Fsp3) is 0.214. The molecule has 3 N–H and O–H groups in total. The van der Waals surface area contributed by atoms with Gasteiger partial charge in [-0.05, 0) is 22.6 Å². The molecule has 1 atom stereocenters. The van der Waals surface area contributed by atoms with Crippen molar-refractivity contribution in [1.82, 2.24) is 5.32 Å². The van der Waals surface area contributed by atoms with E-state index < -0.39 is 12.1 Å². The molecule has 0 spiro atoms. The minimum absolute atomic E-state index is 0.349. The predicted octanol–water partition coefficient (Wildman–Crippen LogP) is 2.27. The number of hydrogen-bond acceptors (Lipinski definition) is 4. The lowest BCUT2D eigenvalue weighted by Gasteiger charge is -2.12. The molecule has 2 aromatic rings. The van der Waals surface area contributed by atoms with Crippen molar-refractivity contribution in [2.75, 3.05) is 6.54 Å². The van der Waals surface area contributed by atoms with Gasteiger partial charge in [-0.1, -0.05) is 30.3 Å². The maximum absolute atomic E-state index is 10.9. The van der Waals surface area contributed by atoms with Crippen LogP contribution >= 0.6 is 11.3 Å². The molecule has 1 aromatic carbocycles. The molecule has 5 heteroatoms. The molecule has 0 aliphatic heterocycles. The summed E-state index contributed by atoms with van der Waals surface area (Å²) in [5, 5.41) is 23.8. The molecule has 19 heavy (non-hydrogen) atoms. The van der Waals surface area contributed by atoms with E-state index in [9.17, 15) is 9.90 Å². The minimum Gasteiger partial charge on any atom is -0.477 e. The quantitative estimate of drug-likeness (QED) is 0.757. The number of aliphatic hydroxyl groups excluding tert-OH is 1. The number of aliphatic hydroxyl groups is 1. The zero-order chi connectivity index (χ0) is 13.7. The molecule has 4 nitrogen and oxygen atoms in total. The number of hydrogen-bond donors (Lipinski definition) is 3. The van der Waals surface area contributed by atoms with Crippen LogP contribution in [-0.4, -0.2) is 22.7 Å². The molecule has 0 radical (unpaired) electrons. The molecule has 1 aromatic heterocycles. The van der Waals surface area contributed by atoms with E-state index >= 15 is 0 Å². The van der Waals surface area contributed by atoms with Crippen molar-refractivity contribution in [3.8, 4) is 0 Å². The van der Waals surface area contributed by atoms with Crippen LogP contribution in [0, 0.1) is 0 Å². The van der Waals surface area contributed by atoms with Crippen molar-refractivity contribution < 1.29 is 15.0 Å². The second-order valence-electron chi connectivity index (χ2n) is 4.14. The van der Waals surface area contributed by atoms with Gasteiger partial charge in [0.05, 0.1) is 6.10 Å². The van der Waals surface area contributed by atoms with Crippen LogP contribution in [0.15, 0.2) is 41.8 Å². The minimum atomic E-state index is -0.907. The van der Waals surface area contributed by atoms with Crippen molar-refractivity contribution in [1.29, 1.82) is 0 Å². The molecule has 100 valence electrons. The Morgan fingerprint density at radius 3 is 2.68 bits per heavy atom. The fourth-order valence-electron chi connectivity index (χ4n) is 1.80. The van der Waals surface area contributed by atoms with Gasteiger partial charge in [0.1, 0.15) is 4.88 Å². The third-order valence-electron chi connectivity index (χ3n) is 2.78. The van der Waals surface area contributed by atoms with Crippen LogP contribution in [-0.2, 0) is 6.54 Å². The normalized spacial score (nSPS) is 12.3. The Morgan fingerprint density at radius 2 is 2.00 bits per heavy atom. The highest BCUT2D eigenvalue weighted by Crippen LogP contribution is 2.17. The molecule has 0 saturated carbocycles. The molecule has 0 bridgehead atoms. The number of nitrogens with one attached hydrogen (secondary N) is 1. The maximum atomic E-state index is 10.9. The van der Waals surface area contributed by atoms with E-state index in [1.807, 2.05) is 30.3 Å². The number of benzene rings is 1. The van der Waals surface area contributed by atoms with E-state index in [0.717, 1.165) is 11.1 Å². The van der Waals surface area contributed by atoms with Crippen LogP contribution in [0.25, 0.3) is 0 Å². The van der Waals surface area contributed by atoms with Gasteiger partial charge in [0, 0.05) is 13.1 Å². The summed E-state index contributed by atoms with van der Waals surface area (Å²) in [7, 11) is 0. The molecule has 0 aliphatic carbocycles. The lowest BCUT2D eigenvalue weighted by molar-refractivity contribution is 0.0701.